The number of benzene rings is 1. The van der Waals surface area contributed by atoms with Crippen molar-refractivity contribution in [2.75, 3.05) is 0 Å². The molecular formula is C16H25Cl2N. The number of hydrogen-bond acceptors (Lipinski definition) is 1. The number of unbranched alkanes of at least 4 members (excludes halogenated alkanes) is 6. The van der Waals surface area contributed by atoms with Gasteiger partial charge in [0.15, 0.2) is 0 Å². The molecule has 1 aromatic rings. The Morgan fingerprint density at radius 2 is 1.63 bits per heavy atom. The molecule has 3 heteroatoms. The van der Waals surface area contributed by atoms with Gasteiger partial charge in [-0.05, 0) is 30.2 Å². The number of rotatable bonds is 9. The summed E-state index contributed by atoms with van der Waals surface area (Å²) in [6.07, 6.45) is 10.1. The van der Waals surface area contributed by atoms with E-state index in [1.807, 2.05) is 12.1 Å². The summed E-state index contributed by atoms with van der Waals surface area (Å²) >= 11 is 12.1. The summed E-state index contributed by atoms with van der Waals surface area (Å²) < 4.78 is 0. The Bertz CT molecular complexity index is 366. The van der Waals surface area contributed by atoms with Crippen LogP contribution in [0.25, 0.3) is 0 Å². The van der Waals surface area contributed by atoms with Crippen molar-refractivity contribution < 1.29 is 0 Å². The van der Waals surface area contributed by atoms with Crippen LogP contribution in [-0.2, 0) is 0 Å². The van der Waals surface area contributed by atoms with Crippen molar-refractivity contribution in [2.24, 2.45) is 5.73 Å². The number of nitrogens with two attached hydrogens (primary N) is 1. The molecule has 2 N–H and O–H groups in total. The minimum Gasteiger partial charge on any atom is -0.324 e. The third-order valence-electron chi connectivity index (χ3n) is 3.48. The first-order valence-corrected chi connectivity index (χ1v) is 8.11. The Hall–Kier alpha value is -0.240. The number of halogens is 2. The van der Waals surface area contributed by atoms with E-state index in [9.17, 15) is 0 Å². The van der Waals surface area contributed by atoms with Crippen LogP contribution in [0.4, 0.5) is 0 Å². The van der Waals surface area contributed by atoms with E-state index in [-0.39, 0.29) is 6.04 Å². The van der Waals surface area contributed by atoms with Crippen molar-refractivity contribution in [1.29, 1.82) is 0 Å². The highest BCUT2D eigenvalue weighted by atomic mass is 35.5. The lowest BCUT2D eigenvalue weighted by Gasteiger charge is -2.14. The highest BCUT2D eigenvalue weighted by Gasteiger charge is 2.10. The van der Waals surface area contributed by atoms with Gasteiger partial charge in [0.1, 0.15) is 0 Å². The van der Waals surface area contributed by atoms with Gasteiger partial charge >= 0.3 is 0 Å². The highest BCUT2D eigenvalue weighted by Crippen LogP contribution is 2.28. The average molecular weight is 302 g/mol. The second-order valence-corrected chi connectivity index (χ2v) is 6.03. The monoisotopic (exact) mass is 301 g/mol. The molecule has 0 aliphatic heterocycles. The second-order valence-electron chi connectivity index (χ2n) is 5.18. The molecule has 1 atom stereocenters. The van der Waals surface area contributed by atoms with Crippen LogP contribution in [0.2, 0.25) is 10.0 Å². The molecule has 0 aromatic heterocycles. The molecule has 0 saturated carbocycles. The van der Waals surface area contributed by atoms with Crippen LogP contribution in [0.5, 0.6) is 0 Å². The first-order chi connectivity index (χ1) is 9.15. The smallest absolute Gasteiger partial charge is 0.0454 e. The van der Waals surface area contributed by atoms with Gasteiger partial charge in [0.2, 0.25) is 0 Å². The molecule has 1 nitrogen and oxygen atoms in total. The molecule has 19 heavy (non-hydrogen) atoms. The Morgan fingerprint density at radius 3 is 2.32 bits per heavy atom. The van der Waals surface area contributed by atoms with Gasteiger partial charge < -0.3 is 5.73 Å². The van der Waals surface area contributed by atoms with Gasteiger partial charge in [-0.1, -0.05) is 75.1 Å². The third kappa shape index (κ3) is 6.65. The fraction of sp³-hybridized carbons (Fsp3) is 0.625. The molecule has 0 heterocycles. The SMILES string of the molecule is CCCCCCCCCC(N)c1cc(Cl)ccc1Cl. The van der Waals surface area contributed by atoms with Crippen molar-refractivity contribution in [3.05, 3.63) is 33.8 Å². The lowest BCUT2D eigenvalue weighted by molar-refractivity contribution is 0.541. The Balaban J connectivity index is 2.23. The van der Waals surface area contributed by atoms with E-state index in [4.69, 9.17) is 28.9 Å². The van der Waals surface area contributed by atoms with Gasteiger partial charge in [-0.25, -0.2) is 0 Å². The van der Waals surface area contributed by atoms with Crippen LogP contribution in [-0.4, -0.2) is 0 Å². The fourth-order valence-electron chi connectivity index (χ4n) is 2.28. The first kappa shape index (κ1) is 16.8. The summed E-state index contributed by atoms with van der Waals surface area (Å²) in [4.78, 5) is 0. The van der Waals surface area contributed by atoms with Crippen LogP contribution >= 0.6 is 23.2 Å². The molecule has 0 bridgehead atoms. The summed E-state index contributed by atoms with van der Waals surface area (Å²) in [6, 6.07) is 5.51. The zero-order valence-corrected chi connectivity index (χ0v) is 13.3. The molecule has 0 saturated heterocycles. The highest BCUT2D eigenvalue weighted by molar-refractivity contribution is 6.33. The Kier molecular flexibility index (Phi) is 8.52. The summed E-state index contributed by atoms with van der Waals surface area (Å²) in [5.74, 6) is 0. The minimum atomic E-state index is 0.00171. The molecule has 108 valence electrons. The van der Waals surface area contributed by atoms with E-state index in [0.29, 0.717) is 5.02 Å². The van der Waals surface area contributed by atoms with Gasteiger partial charge in [0.05, 0.1) is 0 Å². The van der Waals surface area contributed by atoms with Crippen LogP contribution in [0.3, 0.4) is 0 Å². The average Bonchev–Trinajstić information content (AvgIpc) is 2.40. The van der Waals surface area contributed by atoms with Gasteiger partial charge in [-0.2, -0.15) is 0 Å². The molecule has 0 amide bonds. The van der Waals surface area contributed by atoms with E-state index in [1.54, 1.807) is 6.07 Å². The normalized spacial score (nSPS) is 12.6. The maximum atomic E-state index is 6.18. The molecule has 0 spiro atoms. The molecule has 0 aliphatic rings. The molecule has 0 fully saturated rings. The fourth-order valence-corrected chi connectivity index (χ4v) is 2.71. The van der Waals surface area contributed by atoms with Gasteiger partial charge in [-0.15, -0.1) is 0 Å². The predicted molar refractivity (Wildman–Crippen MR) is 86.0 cm³/mol. The first-order valence-electron chi connectivity index (χ1n) is 7.35. The summed E-state index contributed by atoms with van der Waals surface area (Å²) in [7, 11) is 0. The molecule has 1 rings (SSSR count). The predicted octanol–water partition coefficient (Wildman–Crippen LogP) is 6.13. The molecular weight excluding hydrogens is 277 g/mol. The van der Waals surface area contributed by atoms with Crippen molar-refractivity contribution in [2.45, 2.75) is 64.3 Å². The maximum Gasteiger partial charge on any atom is 0.0454 e. The summed E-state index contributed by atoms with van der Waals surface area (Å²) in [5.41, 5.74) is 7.16. The van der Waals surface area contributed by atoms with Crippen LogP contribution < -0.4 is 5.73 Å². The van der Waals surface area contributed by atoms with E-state index in [0.717, 1.165) is 23.4 Å². The van der Waals surface area contributed by atoms with Gasteiger partial charge in [0.25, 0.3) is 0 Å². The van der Waals surface area contributed by atoms with E-state index in [2.05, 4.69) is 6.92 Å². The number of hydrogen-bond donors (Lipinski definition) is 1. The molecule has 1 unspecified atom stereocenters. The molecule has 0 aliphatic carbocycles. The van der Waals surface area contributed by atoms with E-state index < -0.39 is 0 Å². The lowest BCUT2D eigenvalue weighted by Crippen LogP contribution is -2.10. The summed E-state index contributed by atoms with van der Waals surface area (Å²) in [5, 5.41) is 1.43. The quantitative estimate of drug-likeness (QED) is 0.545. The third-order valence-corrected chi connectivity index (χ3v) is 4.06. The van der Waals surface area contributed by atoms with Crippen molar-refractivity contribution in [3.63, 3.8) is 0 Å². The standard InChI is InChI=1S/C16H25Cl2N/c1-2-3-4-5-6-7-8-9-16(19)14-12-13(17)10-11-15(14)18/h10-12,16H,2-9,19H2,1H3. The largest absolute Gasteiger partial charge is 0.324 e. The second kappa shape index (κ2) is 9.63. The minimum absolute atomic E-state index is 0.00171. The van der Waals surface area contributed by atoms with Crippen LogP contribution in [0.15, 0.2) is 18.2 Å². The zero-order valence-electron chi connectivity index (χ0n) is 11.8. The molecule has 0 radical (unpaired) electrons. The van der Waals surface area contributed by atoms with Gasteiger partial charge in [0, 0.05) is 16.1 Å². The van der Waals surface area contributed by atoms with E-state index in [1.165, 1.54) is 38.5 Å². The maximum absolute atomic E-state index is 6.18. The van der Waals surface area contributed by atoms with Gasteiger partial charge in [-0.3, -0.25) is 0 Å². The Morgan fingerprint density at radius 1 is 1.00 bits per heavy atom. The lowest BCUT2D eigenvalue weighted by atomic mass is 10.00. The zero-order chi connectivity index (χ0) is 14.1. The van der Waals surface area contributed by atoms with Crippen molar-refractivity contribution >= 4 is 23.2 Å². The van der Waals surface area contributed by atoms with Crippen molar-refractivity contribution in [1.82, 2.24) is 0 Å². The summed E-state index contributed by atoms with van der Waals surface area (Å²) in [6.45, 7) is 2.24. The van der Waals surface area contributed by atoms with E-state index >= 15 is 0 Å². The van der Waals surface area contributed by atoms with Crippen LogP contribution in [0, 0.1) is 0 Å². The van der Waals surface area contributed by atoms with Crippen molar-refractivity contribution in [3.8, 4) is 0 Å². The van der Waals surface area contributed by atoms with Crippen LogP contribution in [0.1, 0.15) is 69.9 Å². The Labute approximate surface area is 127 Å². The molecule has 1 aromatic carbocycles. The topological polar surface area (TPSA) is 26.0 Å².